The molecule has 7 nitrogen and oxygen atoms in total. The summed E-state index contributed by atoms with van der Waals surface area (Å²) in [6.07, 6.45) is 1.53. The van der Waals surface area contributed by atoms with E-state index in [0.29, 0.717) is 15.6 Å². The number of rotatable bonds is 7. The van der Waals surface area contributed by atoms with Crippen LogP contribution in [0.25, 0.3) is 6.08 Å². The largest absolute Gasteiger partial charge is 0.493 e. The highest BCUT2D eigenvalue weighted by molar-refractivity contribution is 9.10. The number of benzene rings is 2. The minimum absolute atomic E-state index is 0.0365. The second-order valence-corrected chi connectivity index (χ2v) is 7.95. The van der Waals surface area contributed by atoms with Gasteiger partial charge in [0.15, 0.2) is 18.1 Å². The van der Waals surface area contributed by atoms with E-state index in [9.17, 15) is 18.8 Å². The second kappa shape index (κ2) is 9.31. The Balaban J connectivity index is 1.84. The van der Waals surface area contributed by atoms with Gasteiger partial charge in [0.2, 0.25) is 0 Å². The Morgan fingerprint density at radius 1 is 1.23 bits per heavy atom. The lowest BCUT2D eigenvalue weighted by atomic mass is 10.1. The highest BCUT2D eigenvalue weighted by atomic mass is 79.9. The van der Waals surface area contributed by atoms with Crippen molar-refractivity contribution in [3.63, 3.8) is 0 Å². The molecule has 0 radical (unpaired) electrons. The van der Waals surface area contributed by atoms with Crippen LogP contribution < -0.4 is 9.47 Å². The van der Waals surface area contributed by atoms with E-state index in [2.05, 4.69) is 15.9 Å². The molecule has 0 bridgehead atoms. The maximum Gasteiger partial charge on any atom is 0.341 e. The van der Waals surface area contributed by atoms with E-state index in [4.69, 9.17) is 14.6 Å². The molecule has 1 saturated heterocycles. The van der Waals surface area contributed by atoms with E-state index >= 15 is 0 Å². The average molecular weight is 496 g/mol. The quantitative estimate of drug-likeness (QED) is 0.572. The monoisotopic (exact) mass is 495 g/mol. The number of carbonyl (C=O) groups is 3. The maximum atomic E-state index is 13.1. The molecule has 10 heteroatoms. The van der Waals surface area contributed by atoms with E-state index in [0.717, 1.165) is 16.7 Å². The Hall–Kier alpha value is -2.85. The van der Waals surface area contributed by atoms with Gasteiger partial charge in [0, 0.05) is 4.47 Å². The minimum atomic E-state index is -1.13. The van der Waals surface area contributed by atoms with Crippen molar-refractivity contribution in [3.05, 3.63) is 62.7 Å². The fourth-order valence-corrected chi connectivity index (χ4v) is 3.89. The van der Waals surface area contributed by atoms with Crippen LogP contribution >= 0.6 is 27.7 Å². The number of methoxy groups -OCH3 is 1. The van der Waals surface area contributed by atoms with E-state index in [1.54, 1.807) is 6.07 Å². The van der Waals surface area contributed by atoms with Crippen molar-refractivity contribution in [2.45, 2.75) is 6.54 Å². The summed E-state index contributed by atoms with van der Waals surface area (Å²) in [5.74, 6) is -1.51. The Morgan fingerprint density at radius 2 is 1.93 bits per heavy atom. The molecule has 1 aliphatic heterocycles. The zero-order chi connectivity index (χ0) is 21.8. The van der Waals surface area contributed by atoms with Crippen LogP contribution in [-0.4, -0.2) is 40.8 Å². The number of ether oxygens (including phenoxy) is 2. The Labute approximate surface area is 183 Å². The van der Waals surface area contributed by atoms with Crippen molar-refractivity contribution in [2.24, 2.45) is 0 Å². The lowest BCUT2D eigenvalue weighted by Gasteiger charge is -2.13. The molecule has 1 aliphatic rings. The van der Waals surface area contributed by atoms with Crippen LogP contribution in [0.15, 0.2) is 45.8 Å². The Morgan fingerprint density at radius 3 is 2.57 bits per heavy atom. The van der Waals surface area contributed by atoms with E-state index in [1.807, 2.05) is 0 Å². The fraction of sp³-hybridized carbons (Fsp3) is 0.150. The molecule has 156 valence electrons. The number of amides is 2. The summed E-state index contributed by atoms with van der Waals surface area (Å²) in [6, 6.07) is 8.65. The van der Waals surface area contributed by atoms with Gasteiger partial charge >= 0.3 is 5.97 Å². The fourth-order valence-electron chi connectivity index (χ4n) is 2.62. The number of carbonyl (C=O) groups excluding carboxylic acids is 2. The van der Waals surface area contributed by atoms with E-state index < -0.39 is 29.5 Å². The van der Waals surface area contributed by atoms with Gasteiger partial charge < -0.3 is 14.6 Å². The predicted molar refractivity (Wildman–Crippen MR) is 112 cm³/mol. The highest BCUT2D eigenvalue weighted by Gasteiger charge is 2.35. The molecule has 1 heterocycles. The molecule has 1 fully saturated rings. The minimum Gasteiger partial charge on any atom is -0.493 e. The van der Waals surface area contributed by atoms with Gasteiger partial charge in [-0.25, -0.2) is 9.18 Å². The van der Waals surface area contributed by atoms with Crippen LogP contribution in [-0.2, 0) is 16.1 Å². The van der Waals surface area contributed by atoms with Crippen molar-refractivity contribution >= 4 is 50.9 Å². The Bertz CT molecular complexity index is 1040. The molecule has 2 amide bonds. The molecule has 0 aliphatic carbocycles. The molecule has 2 aromatic carbocycles. The van der Waals surface area contributed by atoms with Crippen LogP contribution in [0.3, 0.4) is 0 Å². The Kier molecular flexibility index (Phi) is 6.78. The molecular formula is C20H15BrFNO6S. The number of hydrogen-bond donors (Lipinski definition) is 1. The molecular weight excluding hydrogens is 481 g/mol. The standard InChI is InChI=1S/C20H15BrFNO6S/c1-28-15-6-12(14(21)8-16(15)29-10-18(24)25)7-17-19(26)23(20(27)30-17)9-11-2-4-13(22)5-3-11/h2-8H,9-10H2,1H3,(H,24,25). The van der Waals surface area contributed by atoms with Gasteiger partial charge in [0.05, 0.1) is 18.6 Å². The molecule has 3 rings (SSSR count). The first-order chi connectivity index (χ1) is 14.3. The number of carboxylic acid groups (broad SMARTS) is 1. The first kappa shape index (κ1) is 21.8. The molecule has 0 saturated carbocycles. The van der Waals surface area contributed by atoms with Crippen LogP contribution in [0, 0.1) is 5.82 Å². The van der Waals surface area contributed by atoms with Gasteiger partial charge in [-0.1, -0.05) is 28.1 Å². The lowest BCUT2D eigenvalue weighted by Crippen LogP contribution is -2.27. The van der Waals surface area contributed by atoms with Crippen molar-refractivity contribution in [1.29, 1.82) is 0 Å². The summed E-state index contributed by atoms with van der Waals surface area (Å²) in [5, 5.41) is 8.34. The first-order valence-corrected chi connectivity index (χ1v) is 10.1. The van der Waals surface area contributed by atoms with Gasteiger partial charge in [-0.05, 0) is 53.2 Å². The summed E-state index contributed by atoms with van der Waals surface area (Å²) in [6.45, 7) is -0.501. The summed E-state index contributed by atoms with van der Waals surface area (Å²) >= 11 is 4.15. The number of nitrogens with zero attached hydrogens (tertiary/aromatic N) is 1. The number of thioether (sulfide) groups is 1. The van der Waals surface area contributed by atoms with E-state index in [1.165, 1.54) is 43.5 Å². The van der Waals surface area contributed by atoms with Crippen LogP contribution in [0.5, 0.6) is 11.5 Å². The van der Waals surface area contributed by atoms with Gasteiger partial charge in [-0.15, -0.1) is 0 Å². The third kappa shape index (κ3) is 5.00. The van der Waals surface area contributed by atoms with Crippen LogP contribution in [0.2, 0.25) is 0 Å². The number of halogens is 2. The topological polar surface area (TPSA) is 93.1 Å². The smallest absolute Gasteiger partial charge is 0.341 e. The van der Waals surface area contributed by atoms with Gasteiger partial charge in [0.1, 0.15) is 5.82 Å². The van der Waals surface area contributed by atoms with Crippen molar-refractivity contribution in [3.8, 4) is 11.5 Å². The highest BCUT2D eigenvalue weighted by Crippen LogP contribution is 2.38. The third-order valence-electron chi connectivity index (χ3n) is 4.05. The summed E-state index contributed by atoms with van der Waals surface area (Å²) in [4.78, 5) is 37.0. The third-order valence-corrected chi connectivity index (χ3v) is 5.64. The molecule has 0 atom stereocenters. The summed E-state index contributed by atoms with van der Waals surface area (Å²) in [7, 11) is 1.40. The number of carboxylic acids is 1. The molecule has 2 aromatic rings. The van der Waals surface area contributed by atoms with E-state index in [-0.39, 0.29) is 22.9 Å². The SMILES string of the molecule is COc1cc(C=C2SC(=O)N(Cc3ccc(F)cc3)C2=O)c(Br)cc1OCC(=O)O. The van der Waals surface area contributed by atoms with Gasteiger partial charge in [0.25, 0.3) is 11.1 Å². The number of aliphatic carboxylic acids is 1. The predicted octanol–water partition coefficient (Wildman–Crippen LogP) is 4.30. The van der Waals surface area contributed by atoms with Crippen molar-refractivity contribution in [2.75, 3.05) is 13.7 Å². The van der Waals surface area contributed by atoms with Gasteiger partial charge in [-0.3, -0.25) is 14.5 Å². The second-order valence-electron chi connectivity index (χ2n) is 6.10. The summed E-state index contributed by atoms with van der Waals surface area (Å²) in [5.41, 5.74) is 1.17. The average Bonchev–Trinajstić information content (AvgIpc) is 2.96. The molecule has 1 N–H and O–H groups in total. The van der Waals surface area contributed by atoms with Crippen molar-refractivity contribution < 1.29 is 33.4 Å². The molecule has 0 aromatic heterocycles. The normalized spacial score (nSPS) is 15.0. The van der Waals surface area contributed by atoms with Crippen LogP contribution in [0.4, 0.5) is 9.18 Å². The first-order valence-electron chi connectivity index (χ1n) is 8.50. The summed E-state index contributed by atoms with van der Waals surface area (Å²) < 4.78 is 24.0. The number of imide groups is 1. The maximum absolute atomic E-state index is 13.1. The van der Waals surface area contributed by atoms with Crippen LogP contribution in [0.1, 0.15) is 11.1 Å². The molecule has 30 heavy (non-hydrogen) atoms. The molecule has 0 spiro atoms. The molecule has 0 unspecified atom stereocenters. The van der Waals surface area contributed by atoms with Gasteiger partial charge in [-0.2, -0.15) is 0 Å². The van der Waals surface area contributed by atoms with Crippen molar-refractivity contribution in [1.82, 2.24) is 4.90 Å². The zero-order valence-electron chi connectivity index (χ0n) is 15.6. The zero-order valence-corrected chi connectivity index (χ0v) is 18.0. The lowest BCUT2D eigenvalue weighted by molar-refractivity contribution is -0.139. The number of hydrogen-bond acceptors (Lipinski definition) is 6.